The Bertz CT molecular complexity index is 886. The Morgan fingerprint density at radius 3 is 2.57 bits per heavy atom. The first-order valence-corrected chi connectivity index (χ1v) is 8.41. The molecule has 1 N–H and O–H groups in total. The van der Waals surface area contributed by atoms with E-state index in [0.717, 1.165) is 11.1 Å². The van der Waals surface area contributed by atoms with Gasteiger partial charge in [0.15, 0.2) is 0 Å². The summed E-state index contributed by atoms with van der Waals surface area (Å²) in [6.45, 7) is -0.456. The summed E-state index contributed by atoms with van der Waals surface area (Å²) in [6.07, 6.45) is -2.42. The molecule has 2 aromatic rings. The van der Waals surface area contributed by atoms with Gasteiger partial charge < -0.3 is 9.52 Å². The standard InChI is InChI=1S/C17H15ClF3N3O3.Li/c18-13-6-11(10-1-3-24(4-2-10)9-17(19,20)21)5-12(7-13)16-23-22-14(27-16)8-15(25)26;/h1,5-7H,2-4,8-9H2,(H,25,26);. The third-order valence-corrected chi connectivity index (χ3v) is 4.20. The first kappa shape index (κ1) is 22.5. The first-order chi connectivity index (χ1) is 12.7. The molecule has 2 heterocycles. The number of benzene rings is 1. The predicted molar refractivity (Wildman–Crippen MR) is 96.9 cm³/mol. The average molecular weight is 409 g/mol. The van der Waals surface area contributed by atoms with Crippen LogP contribution in [0, 0.1) is 0 Å². The quantitative estimate of drug-likeness (QED) is 0.765. The second-order valence-electron chi connectivity index (χ2n) is 6.13. The van der Waals surface area contributed by atoms with E-state index in [2.05, 4.69) is 10.2 Å². The van der Waals surface area contributed by atoms with E-state index in [-0.39, 0.29) is 50.2 Å². The summed E-state index contributed by atoms with van der Waals surface area (Å²) in [5.41, 5.74) is 2.14. The fourth-order valence-electron chi connectivity index (χ4n) is 2.84. The molecule has 11 heteroatoms. The van der Waals surface area contributed by atoms with Crippen molar-refractivity contribution in [2.24, 2.45) is 0 Å². The number of aromatic nitrogens is 2. The SMILES string of the molecule is O=C(O)Cc1nnc(-c2cc(Cl)cc(C3=CCN(CC(F)(F)F)CC3)c2)o1.[Li]. The molecule has 3 rings (SSSR count). The van der Waals surface area contributed by atoms with Gasteiger partial charge in [-0.25, -0.2) is 0 Å². The maximum Gasteiger partial charge on any atom is 0.401 e. The van der Waals surface area contributed by atoms with Crippen LogP contribution in [0.1, 0.15) is 17.9 Å². The van der Waals surface area contributed by atoms with Crippen molar-refractivity contribution in [1.29, 1.82) is 0 Å². The first-order valence-electron chi connectivity index (χ1n) is 8.03. The summed E-state index contributed by atoms with van der Waals surface area (Å²) < 4.78 is 42.8. The van der Waals surface area contributed by atoms with Crippen LogP contribution in [0.4, 0.5) is 13.2 Å². The second-order valence-corrected chi connectivity index (χ2v) is 6.57. The molecule has 0 aliphatic carbocycles. The topological polar surface area (TPSA) is 79.5 Å². The van der Waals surface area contributed by atoms with Crippen molar-refractivity contribution >= 4 is 42.0 Å². The van der Waals surface area contributed by atoms with E-state index in [0.29, 0.717) is 17.0 Å². The number of alkyl halides is 3. The number of carboxylic acids is 1. The summed E-state index contributed by atoms with van der Waals surface area (Å²) in [5, 5.41) is 16.7. The van der Waals surface area contributed by atoms with Crippen molar-refractivity contribution in [2.45, 2.75) is 19.0 Å². The summed E-state index contributed by atoms with van der Waals surface area (Å²) in [5.74, 6) is -0.989. The number of hydrogen-bond donors (Lipinski definition) is 1. The van der Waals surface area contributed by atoms with Gasteiger partial charge in [0.2, 0.25) is 11.8 Å². The fourth-order valence-corrected chi connectivity index (χ4v) is 3.08. The van der Waals surface area contributed by atoms with Gasteiger partial charge in [0, 0.05) is 42.5 Å². The van der Waals surface area contributed by atoms with Gasteiger partial charge in [0.25, 0.3) is 0 Å². The Morgan fingerprint density at radius 1 is 1.25 bits per heavy atom. The minimum atomic E-state index is -4.22. The van der Waals surface area contributed by atoms with Gasteiger partial charge in [-0.15, -0.1) is 10.2 Å². The van der Waals surface area contributed by atoms with E-state index in [1.807, 2.05) is 0 Å². The molecule has 0 fully saturated rings. The number of halogens is 4. The number of aliphatic carboxylic acids is 1. The number of hydrogen-bond acceptors (Lipinski definition) is 5. The maximum atomic E-state index is 12.5. The van der Waals surface area contributed by atoms with Crippen molar-refractivity contribution < 1.29 is 27.5 Å². The van der Waals surface area contributed by atoms with E-state index in [9.17, 15) is 18.0 Å². The molecule has 28 heavy (non-hydrogen) atoms. The summed E-state index contributed by atoms with van der Waals surface area (Å²) in [6, 6.07) is 5.06. The smallest absolute Gasteiger partial charge is 0.401 e. The maximum absolute atomic E-state index is 12.5. The van der Waals surface area contributed by atoms with E-state index < -0.39 is 18.7 Å². The number of nitrogens with zero attached hydrogens (tertiary/aromatic N) is 3. The molecule has 0 atom stereocenters. The molecule has 0 amide bonds. The van der Waals surface area contributed by atoms with Crippen LogP contribution in [0.5, 0.6) is 0 Å². The predicted octanol–water partition coefficient (Wildman–Crippen LogP) is 3.29. The molecular formula is C17H15ClF3LiN3O3. The summed E-state index contributed by atoms with van der Waals surface area (Å²) in [7, 11) is 0. The van der Waals surface area contributed by atoms with Gasteiger partial charge in [0.1, 0.15) is 6.42 Å². The van der Waals surface area contributed by atoms with Crippen LogP contribution in [0.3, 0.4) is 0 Å². The molecule has 1 radical (unpaired) electrons. The Labute approximate surface area is 175 Å². The van der Waals surface area contributed by atoms with Crippen LogP contribution in [-0.2, 0) is 11.2 Å². The molecule has 0 unspecified atom stereocenters. The molecule has 0 spiro atoms. The second kappa shape index (κ2) is 9.14. The van der Waals surface area contributed by atoms with Gasteiger partial charge in [-0.05, 0) is 35.8 Å². The molecule has 1 aromatic carbocycles. The summed E-state index contributed by atoms with van der Waals surface area (Å²) in [4.78, 5) is 12.0. The van der Waals surface area contributed by atoms with Crippen molar-refractivity contribution in [2.75, 3.05) is 19.6 Å². The Hall–Kier alpha value is -1.79. The van der Waals surface area contributed by atoms with Crippen LogP contribution >= 0.6 is 11.6 Å². The van der Waals surface area contributed by atoms with Crippen LogP contribution in [0.15, 0.2) is 28.7 Å². The van der Waals surface area contributed by atoms with Crippen LogP contribution < -0.4 is 0 Å². The number of carbonyl (C=O) groups is 1. The third-order valence-electron chi connectivity index (χ3n) is 3.98. The zero-order valence-corrected chi connectivity index (χ0v) is 15.7. The Kier molecular flexibility index (Phi) is 7.34. The zero-order chi connectivity index (χ0) is 19.6. The Morgan fingerprint density at radius 2 is 1.96 bits per heavy atom. The molecule has 0 saturated heterocycles. The molecule has 145 valence electrons. The van der Waals surface area contributed by atoms with Gasteiger partial charge >= 0.3 is 12.1 Å². The van der Waals surface area contributed by atoms with E-state index in [1.54, 1.807) is 24.3 Å². The van der Waals surface area contributed by atoms with Crippen LogP contribution in [-0.4, -0.2) is 70.8 Å². The number of carboxylic acid groups (broad SMARTS) is 1. The molecule has 0 bridgehead atoms. The normalized spacial score (nSPS) is 15.1. The summed E-state index contributed by atoms with van der Waals surface area (Å²) >= 11 is 6.16. The average Bonchev–Trinajstić information content (AvgIpc) is 3.01. The monoisotopic (exact) mass is 408 g/mol. The zero-order valence-electron chi connectivity index (χ0n) is 15.0. The van der Waals surface area contributed by atoms with Gasteiger partial charge in [-0.3, -0.25) is 9.69 Å². The molecule has 1 aliphatic rings. The molecular weight excluding hydrogens is 394 g/mol. The van der Waals surface area contributed by atoms with E-state index >= 15 is 0 Å². The molecule has 6 nitrogen and oxygen atoms in total. The minimum absolute atomic E-state index is 0. The minimum Gasteiger partial charge on any atom is -0.481 e. The van der Waals surface area contributed by atoms with Crippen LogP contribution in [0.2, 0.25) is 5.02 Å². The van der Waals surface area contributed by atoms with Gasteiger partial charge in [-0.1, -0.05) is 17.7 Å². The van der Waals surface area contributed by atoms with Crippen LogP contribution in [0.25, 0.3) is 17.0 Å². The molecule has 1 aromatic heterocycles. The van der Waals surface area contributed by atoms with Gasteiger partial charge in [-0.2, -0.15) is 13.2 Å². The van der Waals surface area contributed by atoms with E-state index in [1.165, 1.54) is 4.90 Å². The third kappa shape index (κ3) is 6.11. The molecule has 0 saturated carbocycles. The fraction of sp³-hybridized carbons (Fsp3) is 0.353. The van der Waals surface area contributed by atoms with Crippen molar-refractivity contribution in [3.05, 3.63) is 40.8 Å². The Balaban J connectivity index is 0.00000280. The van der Waals surface area contributed by atoms with E-state index in [4.69, 9.17) is 21.1 Å². The largest absolute Gasteiger partial charge is 0.481 e. The van der Waals surface area contributed by atoms with Crippen molar-refractivity contribution in [3.63, 3.8) is 0 Å². The van der Waals surface area contributed by atoms with Crippen molar-refractivity contribution in [1.82, 2.24) is 15.1 Å². The van der Waals surface area contributed by atoms with Gasteiger partial charge in [0.05, 0.1) is 6.54 Å². The van der Waals surface area contributed by atoms with Crippen molar-refractivity contribution in [3.8, 4) is 11.5 Å². The number of rotatable bonds is 5. The molecule has 1 aliphatic heterocycles.